The number of sulfonamides is 1. The van der Waals surface area contributed by atoms with E-state index in [1.54, 1.807) is 4.31 Å². The van der Waals surface area contributed by atoms with Gasteiger partial charge in [0.2, 0.25) is 10.0 Å². The van der Waals surface area contributed by atoms with Gasteiger partial charge in [-0.15, -0.1) is 0 Å². The predicted octanol–water partition coefficient (Wildman–Crippen LogP) is 2.36. The van der Waals surface area contributed by atoms with E-state index in [0.29, 0.717) is 18.0 Å². The van der Waals surface area contributed by atoms with Gasteiger partial charge in [-0.3, -0.25) is 0 Å². The molecule has 1 fully saturated rings. The summed E-state index contributed by atoms with van der Waals surface area (Å²) < 4.78 is 27.8. The highest BCUT2D eigenvalue weighted by Gasteiger charge is 2.35. The molecule has 1 aromatic carbocycles. The fourth-order valence-electron chi connectivity index (χ4n) is 3.36. The van der Waals surface area contributed by atoms with Gasteiger partial charge in [0.25, 0.3) is 0 Å². The Morgan fingerprint density at radius 3 is 2.29 bits per heavy atom. The van der Waals surface area contributed by atoms with Crippen LogP contribution >= 0.6 is 0 Å². The van der Waals surface area contributed by atoms with Crippen LogP contribution in [0.15, 0.2) is 17.0 Å². The molecule has 1 saturated heterocycles. The van der Waals surface area contributed by atoms with E-state index in [1.165, 1.54) is 0 Å². The largest absolute Gasteiger partial charge is 0.330 e. The Hall–Kier alpha value is -0.910. The summed E-state index contributed by atoms with van der Waals surface area (Å²) in [5.74, 6) is 0.266. The van der Waals surface area contributed by atoms with Gasteiger partial charge in [0.1, 0.15) is 0 Å². The van der Waals surface area contributed by atoms with Crippen LogP contribution < -0.4 is 5.73 Å². The summed E-state index contributed by atoms with van der Waals surface area (Å²) in [6.07, 6.45) is 1.89. The van der Waals surface area contributed by atoms with Crippen LogP contribution in [0.25, 0.3) is 0 Å². The third-order valence-corrected chi connectivity index (χ3v) is 6.71. The van der Waals surface area contributed by atoms with Crippen LogP contribution in [0.1, 0.15) is 36.5 Å². The Morgan fingerprint density at radius 1 is 1.19 bits per heavy atom. The smallest absolute Gasteiger partial charge is 0.243 e. The second-order valence-corrected chi connectivity index (χ2v) is 8.16. The van der Waals surface area contributed by atoms with Crippen LogP contribution in [0.3, 0.4) is 0 Å². The van der Waals surface area contributed by atoms with E-state index in [4.69, 9.17) is 5.73 Å². The van der Waals surface area contributed by atoms with E-state index in [0.717, 1.165) is 29.5 Å². The summed E-state index contributed by atoms with van der Waals surface area (Å²) in [5, 5.41) is 0. The van der Waals surface area contributed by atoms with E-state index in [1.807, 2.05) is 39.8 Å². The Kier molecular flexibility index (Phi) is 4.76. The molecule has 0 aromatic heterocycles. The minimum atomic E-state index is -3.45. The average Bonchev–Trinajstić information content (AvgIpc) is 2.37. The van der Waals surface area contributed by atoms with Gasteiger partial charge in [0, 0.05) is 12.6 Å². The fraction of sp³-hybridized carbons (Fsp3) is 0.625. The normalized spacial score (nSPS) is 24.2. The quantitative estimate of drug-likeness (QED) is 0.932. The van der Waals surface area contributed by atoms with Crippen molar-refractivity contribution < 1.29 is 8.42 Å². The van der Waals surface area contributed by atoms with E-state index in [-0.39, 0.29) is 12.0 Å². The Bertz CT molecular complexity index is 602. The predicted molar refractivity (Wildman–Crippen MR) is 85.8 cm³/mol. The highest BCUT2D eigenvalue weighted by atomic mass is 32.2. The molecule has 2 atom stereocenters. The number of aryl methyl sites for hydroxylation is 3. The van der Waals surface area contributed by atoms with E-state index >= 15 is 0 Å². The van der Waals surface area contributed by atoms with Gasteiger partial charge < -0.3 is 5.73 Å². The van der Waals surface area contributed by atoms with Crippen molar-refractivity contribution in [3.63, 3.8) is 0 Å². The molecule has 0 amide bonds. The lowest BCUT2D eigenvalue weighted by molar-refractivity contribution is 0.211. The molecule has 0 radical (unpaired) electrons. The maximum absolute atomic E-state index is 13.1. The Morgan fingerprint density at radius 2 is 1.76 bits per heavy atom. The molecule has 2 rings (SSSR count). The maximum Gasteiger partial charge on any atom is 0.243 e. The van der Waals surface area contributed by atoms with Crippen molar-refractivity contribution in [2.45, 2.75) is 51.5 Å². The summed E-state index contributed by atoms with van der Waals surface area (Å²) in [5.41, 5.74) is 8.50. The van der Waals surface area contributed by atoms with Crippen LogP contribution in [0.5, 0.6) is 0 Å². The average molecular weight is 310 g/mol. The van der Waals surface area contributed by atoms with Gasteiger partial charge in [-0.25, -0.2) is 8.42 Å². The molecule has 0 spiro atoms. The second kappa shape index (κ2) is 6.07. The second-order valence-electron chi connectivity index (χ2n) is 6.33. The number of benzene rings is 1. The zero-order valence-corrected chi connectivity index (χ0v) is 14.2. The highest BCUT2D eigenvalue weighted by molar-refractivity contribution is 7.89. The summed E-state index contributed by atoms with van der Waals surface area (Å²) >= 11 is 0. The number of piperidine rings is 1. The topological polar surface area (TPSA) is 63.4 Å². The maximum atomic E-state index is 13.1. The van der Waals surface area contributed by atoms with Crippen molar-refractivity contribution in [3.05, 3.63) is 28.8 Å². The van der Waals surface area contributed by atoms with Crippen LogP contribution in [-0.2, 0) is 10.0 Å². The molecule has 2 N–H and O–H groups in total. The lowest BCUT2D eigenvalue weighted by Gasteiger charge is -2.37. The van der Waals surface area contributed by atoms with Crippen LogP contribution in [-0.4, -0.2) is 31.9 Å². The zero-order valence-electron chi connectivity index (χ0n) is 13.4. The van der Waals surface area contributed by atoms with Gasteiger partial charge in [0.05, 0.1) is 4.90 Å². The summed E-state index contributed by atoms with van der Waals surface area (Å²) in [6.45, 7) is 8.81. The molecule has 21 heavy (non-hydrogen) atoms. The van der Waals surface area contributed by atoms with Crippen LogP contribution in [0, 0.1) is 26.7 Å². The molecular formula is C16H26N2O2S. The number of hydrogen-bond donors (Lipinski definition) is 1. The van der Waals surface area contributed by atoms with E-state index in [2.05, 4.69) is 0 Å². The lowest BCUT2D eigenvalue weighted by Crippen LogP contribution is -2.47. The molecule has 0 bridgehead atoms. The van der Waals surface area contributed by atoms with Gasteiger partial charge in [0.15, 0.2) is 0 Å². The third kappa shape index (κ3) is 3.15. The molecule has 4 nitrogen and oxygen atoms in total. The number of hydrogen-bond acceptors (Lipinski definition) is 3. The number of nitrogens with zero attached hydrogens (tertiary/aromatic N) is 1. The van der Waals surface area contributed by atoms with Crippen molar-refractivity contribution in [3.8, 4) is 0 Å². The lowest BCUT2D eigenvalue weighted by atomic mass is 9.96. The van der Waals surface area contributed by atoms with Gasteiger partial charge in [-0.05, 0) is 64.1 Å². The van der Waals surface area contributed by atoms with Crippen molar-refractivity contribution in [1.82, 2.24) is 4.31 Å². The molecule has 1 aliphatic heterocycles. The van der Waals surface area contributed by atoms with Crippen molar-refractivity contribution in [1.29, 1.82) is 0 Å². The zero-order chi connectivity index (χ0) is 15.8. The van der Waals surface area contributed by atoms with Crippen molar-refractivity contribution in [2.24, 2.45) is 11.7 Å². The summed E-state index contributed by atoms with van der Waals surface area (Å²) in [7, 11) is -3.45. The van der Waals surface area contributed by atoms with E-state index < -0.39 is 10.0 Å². The number of rotatable bonds is 3. The first-order valence-corrected chi connectivity index (χ1v) is 9.01. The first-order valence-electron chi connectivity index (χ1n) is 7.57. The van der Waals surface area contributed by atoms with Crippen LogP contribution in [0.2, 0.25) is 0 Å². The van der Waals surface area contributed by atoms with Crippen molar-refractivity contribution in [2.75, 3.05) is 13.1 Å². The number of nitrogens with two attached hydrogens (primary N) is 1. The van der Waals surface area contributed by atoms with E-state index in [9.17, 15) is 8.42 Å². The molecular weight excluding hydrogens is 284 g/mol. The molecule has 1 aromatic rings. The van der Waals surface area contributed by atoms with Gasteiger partial charge >= 0.3 is 0 Å². The van der Waals surface area contributed by atoms with Crippen LogP contribution in [0.4, 0.5) is 0 Å². The molecule has 118 valence electrons. The minimum Gasteiger partial charge on any atom is -0.330 e. The Balaban J connectivity index is 2.46. The third-order valence-electron chi connectivity index (χ3n) is 4.43. The fourth-order valence-corrected chi connectivity index (χ4v) is 5.52. The first kappa shape index (κ1) is 16.5. The first-order chi connectivity index (χ1) is 9.77. The molecule has 1 aliphatic rings. The minimum absolute atomic E-state index is 0.0397. The van der Waals surface area contributed by atoms with Gasteiger partial charge in [-0.2, -0.15) is 4.31 Å². The summed E-state index contributed by atoms with van der Waals surface area (Å²) in [4.78, 5) is 0.470. The molecule has 0 aliphatic carbocycles. The van der Waals surface area contributed by atoms with Crippen molar-refractivity contribution >= 4 is 10.0 Å². The molecule has 1 heterocycles. The Labute approximate surface area is 128 Å². The monoisotopic (exact) mass is 310 g/mol. The SMILES string of the molecule is Cc1cc(C)c(S(=O)(=O)N2CC(CN)CCC2C)c(C)c1. The molecule has 2 unspecified atom stereocenters. The molecule has 5 heteroatoms. The molecule has 0 saturated carbocycles. The highest BCUT2D eigenvalue weighted by Crippen LogP contribution is 2.31. The standard InChI is InChI=1S/C16H26N2O2S/c1-11-7-12(2)16(13(3)8-11)21(19,20)18-10-15(9-17)6-5-14(18)4/h7-8,14-15H,5-6,9-10,17H2,1-4H3. The van der Waals surface area contributed by atoms with Gasteiger partial charge in [-0.1, -0.05) is 17.7 Å². The summed E-state index contributed by atoms with van der Waals surface area (Å²) in [6, 6.07) is 3.92.